The first-order valence-corrected chi connectivity index (χ1v) is 10.9. The van der Waals surface area contributed by atoms with Crippen LogP contribution in [-0.4, -0.2) is 35.9 Å². The van der Waals surface area contributed by atoms with Crippen LogP contribution in [-0.2, 0) is 19.7 Å². The predicted molar refractivity (Wildman–Crippen MR) is 132 cm³/mol. The maximum absolute atomic E-state index is 12.5. The summed E-state index contributed by atoms with van der Waals surface area (Å²) in [6, 6.07) is 13.7. The summed E-state index contributed by atoms with van der Waals surface area (Å²) in [5.74, 6) is -1.76. The molecule has 0 saturated carbocycles. The number of hydrogen-bond donors (Lipinski definition) is 4. The van der Waals surface area contributed by atoms with Crippen molar-refractivity contribution in [3.63, 3.8) is 0 Å². The van der Waals surface area contributed by atoms with E-state index in [1.165, 1.54) is 19.2 Å². The van der Waals surface area contributed by atoms with Crippen molar-refractivity contribution >= 4 is 46.7 Å². The Bertz CT molecular complexity index is 1060. The van der Waals surface area contributed by atoms with Gasteiger partial charge in [-0.05, 0) is 59.6 Å². The molecular formula is C24H28N4O5S. The molecule has 0 saturated heterocycles. The number of hydrazine groups is 1. The minimum atomic E-state index is -0.514. The molecule has 0 aromatic heterocycles. The molecule has 4 N–H and O–H groups in total. The summed E-state index contributed by atoms with van der Waals surface area (Å²) in [4.78, 5) is 47.5. The zero-order valence-corrected chi connectivity index (χ0v) is 20.3. The van der Waals surface area contributed by atoms with Gasteiger partial charge in [-0.15, -0.1) is 0 Å². The molecule has 0 bridgehead atoms. The Morgan fingerprint density at radius 2 is 1.38 bits per heavy atom. The van der Waals surface area contributed by atoms with Crippen LogP contribution < -0.4 is 21.5 Å². The van der Waals surface area contributed by atoms with Crippen LogP contribution in [0.5, 0.6) is 0 Å². The standard InChI is InChI=1S/C24H28N4O5S/c1-24(2,3)17-9-5-15(6-10-17)21(31)25-18-11-7-16(8-12-18)22(32)27-28-23(34)26-19(29)13-14-20(30)33-4/h5-12H,13-14H2,1-4H3,(H,25,31)(H,27,32)(H2,26,28,29,34). The fourth-order valence-electron chi connectivity index (χ4n) is 2.75. The van der Waals surface area contributed by atoms with Gasteiger partial charge in [-0.1, -0.05) is 32.9 Å². The first kappa shape index (κ1) is 26.5. The van der Waals surface area contributed by atoms with Crippen LogP contribution in [0.1, 0.15) is 59.9 Å². The number of carbonyl (C=O) groups excluding carboxylic acids is 4. The molecule has 0 spiro atoms. The molecule has 9 nitrogen and oxygen atoms in total. The van der Waals surface area contributed by atoms with Crippen LogP contribution in [0.2, 0.25) is 0 Å². The normalized spacial score (nSPS) is 10.6. The van der Waals surface area contributed by atoms with Crippen molar-refractivity contribution in [2.24, 2.45) is 0 Å². The van der Waals surface area contributed by atoms with Gasteiger partial charge in [0.05, 0.1) is 13.5 Å². The van der Waals surface area contributed by atoms with Crippen LogP contribution in [0.4, 0.5) is 5.69 Å². The lowest BCUT2D eigenvalue weighted by atomic mass is 9.87. The van der Waals surface area contributed by atoms with Crippen LogP contribution in [0.15, 0.2) is 48.5 Å². The molecule has 0 unspecified atom stereocenters. The number of anilines is 1. The minimum Gasteiger partial charge on any atom is -0.469 e. The van der Waals surface area contributed by atoms with Crippen molar-refractivity contribution in [3.05, 3.63) is 65.2 Å². The Labute approximate surface area is 203 Å². The Morgan fingerprint density at radius 1 is 0.824 bits per heavy atom. The lowest BCUT2D eigenvalue weighted by Crippen LogP contribution is -2.48. The lowest BCUT2D eigenvalue weighted by Gasteiger charge is -2.19. The van der Waals surface area contributed by atoms with Crippen molar-refractivity contribution < 1.29 is 23.9 Å². The van der Waals surface area contributed by atoms with Gasteiger partial charge in [-0.2, -0.15) is 0 Å². The molecule has 0 fully saturated rings. The van der Waals surface area contributed by atoms with E-state index in [1.807, 2.05) is 12.1 Å². The van der Waals surface area contributed by atoms with E-state index in [9.17, 15) is 19.2 Å². The number of nitrogens with one attached hydrogen (secondary N) is 4. The molecule has 0 radical (unpaired) electrons. The van der Waals surface area contributed by atoms with Crippen LogP contribution in [0.3, 0.4) is 0 Å². The van der Waals surface area contributed by atoms with Crippen LogP contribution >= 0.6 is 12.2 Å². The monoisotopic (exact) mass is 484 g/mol. The summed E-state index contributed by atoms with van der Waals surface area (Å²) >= 11 is 4.93. The third-order valence-corrected chi connectivity index (χ3v) is 4.95. The van der Waals surface area contributed by atoms with Crippen molar-refractivity contribution in [2.45, 2.75) is 39.0 Å². The van der Waals surface area contributed by atoms with E-state index in [0.29, 0.717) is 16.8 Å². The number of amides is 3. The van der Waals surface area contributed by atoms with Gasteiger partial charge in [0.1, 0.15) is 0 Å². The third kappa shape index (κ3) is 8.28. The summed E-state index contributed by atoms with van der Waals surface area (Å²) in [6.45, 7) is 6.31. The number of benzene rings is 2. The summed E-state index contributed by atoms with van der Waals surface area (Å²) in [5, 5.41) is 5.01. The quantitative estimate of drug-likeness (QED) is 0.282. The molecule has 0 heterocycles. The Hall–Kier alpha value is -3.79. The van der Waals surface area contributed by atoms with Gasteiger partial charge >= 0.3 is 5.97 Å². The van der Waals surface area contributed by atoms with Gasteiger partial charge in [-0.3, -0.25) is 30.0 Å². The van der Waals surface area contributed by atoms with Crippen molar-refractivity contribution in [1.29, 1.82) is 0 Å². The van der Waals surface area contributed by atoms with Gasteiger partial charge < -0.3 is 15.4 Å². The Kier molecular flexibility index (Phi) is 9.26. The number of carbonyl (C=O) groups is 4. The van der Waals surface area contributed by atoms with Crippen molar-refractivity contribution in [1.82, 2.24) is 16.2 Å². The van der Waals surface area contributed by atoms with Crippen molar-refractivity contribution in [3.8, 4) is 0 Å². The highest BCUT2D eigenvalue weighted by atomic mass is 32.1. The highest BCUT2D eigenvalue weighted by molar-refractivity contribution is 7.80. The van der Waals surface area contributed by atoms with Crippen LogP contribution in [0.25, 0.3) is 0 Å². The van der Waals surface area contributed by atoms with E-state index in [0.717, 1.165) is 5.56 Å². The van der Waals surface area contributed by atoms with Gasteiger partial charge in [0, 0.05) is 23.2 Å². The highest BCUT2D eigenvalue weighted by Crippen LogP contribution is 2.22. The van der Waals surface area contributed by atoms with Gasteiger partial charge in [0.15, 0.2) is 5.11 Å². The SMILES string of the molecule is COC(=O)CCC(=O)NC(=S)NNC(=O)c1ccc(NC(=O)c2ccc(C(C)(C)C)cc2)cc1. The number of ether oxygens (including phenoxy) is 1. The summed E-state index contributed by atoms with van der Waals surface area (Å²) in [5.41, 5.74) is 7.27. The number of methoxy groups -OCH3 is 1. The van der Waals surface area contributed by atoms with E-state index in [1.54, 1.807) is 24.3 Å². The summed E-state index contributed by atoms with van der Waals surface area (Å²) < 4.78 is 4.45. The molecule has 2 aromatic rings. The van der Waals surface area contributed by atoms with Gasteiger partial charge in [0.2, 0.25) is 5.91 Å². The molecule has 0 aliphatic carbocycles. The minimum absolute atomic E-state index is 0.0000957. The first-order valence-electron chi connectivity index (χ1n) is 10.5. The van der Waals surface area contributed by atoms with E-state index < -0.39 is 17.8 Å². The molecule has 2 rings (SSSR count). The lowest BCUT2D eigenvalue weighted by molar-refractivity contribution is -0.142. The summed E-state index contributed by atoms with van der Waals surface area (Å²) in [6.07, 6.45) is -0.182. The fourth-order valence-corrected chi connectivity index (χ4v) is 2.92. The second-order valence-electron chi connectivity index (χ2n) is 8.39. The highest BCUT2D eigenvalue weighted by Gasteiger charge is 2.15. The molecule has 0 atom stereocenters. The second-order valence-corrected chi connectivity index (χ2v) is 8.80. The van der Waals surface area contributed by atoms with Crippen LogP contribution in [0, 0.1) is 0 Å². The zero-order valence-electron chi connectivity index (χ0n) is 19.5. The molecule has 2 aromatic carbocycles. The average molecular weight is 485 g/mol. The predicted octanol–water partition coefficient (Wildman–Crippen LogP) is 2.83. The number of hydrogen-bond acceptors (Lipinski definition) is 6. The van der Waals surface area contributed by atoms with E-state index in [4.69, 9.17) is 12.2 Å². The molecule has 0 aliphatic heterocycles. The van der Waals surface area contributed by atoms with E-state index in [-0.39, 0.29) is 29.3 Å². The van der Waals surface area contributed by atoms with Gasteiger partial charge in [0.25, 0.3) is 11.8 Å². The van der Waals surface area contributed by atoms with Gasteiger partial charge in [-0.25, -0.2) is 0 Å². The topological polar surface area (TPSA) is 126 Å². The summed E-state index contributed by atoms with van der Waals surface area (Å²) in [7, 11) is 1.23. The first-order chi connectivity index (χ1) is 16.0. The van der Waals surface area contributed by atoms with Crippen molar-refractivity contribution in [2.75, 3.05) is 12.4 Å². The molecule has 34 heavy (non-hydrogen) atoms. The molecule has 180 valence electrons. The fraction of sp³-hybridized carbons (Fsp3) is 0.292. The average Bonchev–Trinajstić information content (AvgIpc) is 2.81. The smallest absolute Gasteiger partial charge is 0.306 e. The Morgan fingerprint density at radius 3 is 1.94 bits per heavy atom. The maximum Gasteiger partial charge on any atom is 0.306 e. The second kappa shape index (κ2) is 11.9. The number of rotatable bonds is 6. The molecule has 0 aliphatic rings. The zero-order chi connectivity index (χ0) is 25.3. The van der Waals surface area contributed by atoms with E-state index >= 15 is 0 Å². The van der Waals surface area contributed by atoms with E-state index in [2.05, 4.69) is 47.0 Å². The third-order valence-electron chi connectivity index (χ3n) is 4.74. The molecular weight excluding hydrogens is 456 g/mol. The largest absolute Gasteiger partial charge is 0.469 e. The molecule has 3 amide bonds. The Balaban J connectivity index is 1.83. The molecule has 10 heteroatoms. The number of thiocarbonyl (C=S) groups is 1. The number of esters is 1. The maximum atomic E-state index is 12.5.